The fraction of sp³-hybridized carbons (Fsp3) is 0.385. The highest BCUT2D eigenvalue weighted by Gasteiger charge is 2.14. The second kappa shape index (κ2) is 7.19. The van der Waals surface area contributed by atoms with E-state index in [1.54, 1.807) is 24.8 Å². The zero-order valence-corrected chi connectivity index (χ0v) is 12.7. The molecule has 8 heteroatoms. The van der Waals surface area contributed by atoms with E-state index in [1.807, 2.05) is 17.7 Å². The molecule has 0 unspecified atom stereocenters. The van der Waals surface area contributed by atoms with E-state index in [1.165, 1.54) is 6.20 Å². The lowest BCUT2D eigenvalue weighted by Crippen LogP contribution is -2.25. The Bertz CT molecular complexity index is 655. The van der Waals surface area contributed by atoms with Crippen LogP contribution in [0.5, 0.6) is 0 Å². The highest BCUT2D eigenvalue weighted by atomic mass is 32.2. The van der Waals surface area contributed by atoms with Crippen molar-refractivity contribution in [2.75, 3.05) is 18.4 Å². The normalized spacial score (nSPS) is 11.5. The topological polar surface area (TPSA) is 88.9 Å². The average molecular weight is 309 g/mol. The van der Waals surface area contributed by atoms with Crippen LogP contribution < -0.4 is 10.0 Å². The van der Waals surface area contributed by atoms with Crippen LogP contribution in [0.3, 0.4) is 0 Å². The van der Waals surface area contributed by atoms with Gasteiger partial charge in [-0.2, -0.15) is 0 Å². The molecule has 0 saturated heterocycles. The summed E-state index contributed by atoms with van der Waals surface area (Å²) in [5.41, 5.74) is 0.693. The van der Waals surface area contributed by atoms with Gasteiger partial charge in [-0.1, -0.05) is 0 Å². The van der Waals surface area contributed by atoms with Gasteiger partial charge in [-0.25, -0.2) is 18.1 Å². The number of sulfonamides is 1. The zero-order chi connectivity index (χ0) is 15.1. The van der Waals surface area contributed by atoms with E-state index in [-0.39, 0.29) is 4.90 Å². The van der Waals surface area contributed by atoms with E-state index in [0.29, 0.717) is 25.2 Å². The van der Waals surface area contributed by atoms with Gasteiger partial charge in [0.2, 0.25) is 10.0 Å². The molecule has 2 aromatic rings. The smallest absolute Gasteiger partial charge is 0.242 e. The molecule has 0 aliphatic rings. The molecule has 0 spiro atoms. The van der Waals surface area contributed by atoms with Crippen LogP contribution in [0.2, 0.25) is 0 Å². The number of imidazole rings is 1. The van der Waals surface area contributed by atoms with Crippen LogP contribution in [-0.2, 0) is 16.6 Å². The summed E-state index contributed by atoms with van der Waals surface area (Å²) in [6, 6.07) is 1.58. The van der Waals surface area contributed by atoms with Crippen molar-refractivity contribution in [2.24, 2.45) is 0 Å². The SMILES string of the molecule is CCNc1cncc(S(=O)(=O)NCCCn2ccnc2)c1. The Balaban J connectivity index is 1.90. The Kier molecular flexibility index (Phi) is 5.29. The minimum absolute atomic E-state index is 0.170. The Morgan fingerprint density at radius 2 is 2.14 bits per heavy atom. The molecule has 0 radical (unpaired) electrons. The lowest BCUT2D eigenvalue weighted by Gasteiger charge is -2.08. The van der Waals surface area contributed by atoms with Crippen LogP contribution in [0.4, 0.5) is 5.69 Å². The van der Waals surface area contributed by atoms with Crippen molar-refractivity contribution < 1.29 is 8.42 Å². The van der Waals surface area contributed by atoms with E-state index < -0.39 is 10.0 Å². The first-order valence-electron chi connectivity index (χ1n) is 6.76. The Morgan fingerprint density at radius 3 is 2.86 bits per heavy atom. The van der Waals surface area contributed by atoms with Gasteiger partial charge in [0, 0.05) is 38.2 Å². The van der Waals surface area contributed by atoms with Crippen LogP contribution >= 0.6 is 0 Å². The van der Waals surface area contributed by atoms with Gasteiger partial charge in [0.05, 0.1) is 18.2 Å². The molecule has 2 heterocycles. The molecule has 0 atom stereocenters. The molecule has 0 aliphatic heterocycles. The molecular formula is C13H19N5O2S. The van der Waals surface area contributed by atoms with Gasteiger partial charge in [-0.3, -0.25) is 4.98 Å². The summed E-state index contributed by atoms with van der Waals surface area (Å²) in [6.45, 7) is 3.74. The third-order valence-electron chi connectivity index (χ3n) is 2.85. The van der Waals surface area contributed by atoms with Gasteiger partial charge in [-0.15, -0.1) is 0 Å². The fourth-order valence-electron chi connectivity index (χ4n) is 1.84. The predicted molar refractivity (Wildman–Crippen MR) is 80.4 cm³/mol. The van der Waals surface area contributed by atoms with Crippen molar-refractivity contribution in [2.45, 2.75) is 24.8 Å². The third-order valence-corrected chi connectivity index (χ3v) is 4.28. The lowest BCUT2D eigenvalue weighted by molar-refractivity contribution is 0.569. The highest BCUT2D eigenvalue weighted by Crippen LogP contribution is 2.13. The van der Waals surface area contributed by atoms with Gasteiger partial charge in [-0.05, 0) is 19.4 Å². The van der Waals surface area contributed by atoms with Crippen molar-refractivity contribution in [3.63, 3.8) is 0 Å². The van der Waals surface area contributed by atoms with Gasteiger partial charge in [0.25, 0.3) is 0 Å². The summed E-state index contributed by atoms with van der Waals surface area (Å²) in [5.74, 6) is 0. The Labute approximate surface area is 124 Å². The monoisotopic (exact) mass is 309 g/mol. The first-order valence-corrected chi connectivity index (χ1v) is 8.24. The molecule has 114 valence electrons. The maximum Gasteiger partial charge on any atom is 0.242 e. The fourth-order valence-corrected chi connectivity index (χ4v) is 2.90. The second-order valence-electron chi connectivity index (χ2n) is 4.49. The van der Waals surface area contributed by atoms with E-state index in [9.17, 15) is 8.42 Å². The summed E-state index contributed by atoms with van der Waals surface area (Å²) >= 11 is 0. The minimum atomic E-state index is -3.52. The minimum Gasteiger partial charge on any atom is -0.384 e. The van der Waals surface area contributed by atoms with Crippen LogP contribution in [0.15, 0.2) is 42.1 Å². The third kappa shape index (κ3) is 4.54. The van der Waals surface area contributed by atoms with Crippen molar-refractivity contribution >= 4 is 15.7 Å². The first kappa shape index (κ1) is 15.5. The van der Waals surface area contributed by atoms with Crippen molar-refractivity contribution in [3.05, 3.63) is 37.2 Å². The Hall–Kier alpha value is -1.93. The number of nitrogens with zero attached hydrogens (tertiary/aromatic N) is 3. The zero-order valence-electron chi connectivity index (χ0n) is 11.9. The van der Waals surface area contributed by atoms with Crippen LogP contribution in [-0.4, -0.2) is 36.0 Å². The number of hydrogen-bond acceptors (Lipinski definition) is 5. The quantitative estimate of drug-likeness (QED) is 0.712. The van der Waals surface area contributed by atoms with Gasteiger partial charge >= 0.3 is 0 Å². The summed E-state index contributed by atoms with van der Waals surface area (Å²) in [6.07, 6.45) is 8.88. The summed E-state index contributed by atoms with van der Waals surface area (Å²) in [7, 11) is -3.52. The van der Waals surface area contributed by atoms with E-state index in [2.05, 4.69) is 20.0 Å². The number of hydrogen-bond donors (Lipinski definition) is 2. The molecule has 0 bridgehead atoms. The second-order valence-corrected chi connectivity index (χ2v) is 6.26. The number of aryl methyl sites for hydroxylation is 1. The van der Waals surface area contributed by atoms with Crippen LogP contribution in [0.1, 0.15) is 13.3 Å². The molecule has 2 rings (SSSR count). The molecule has 0 amide bonds. The first-order chi connectivity index (χ1) is 10.1. The van der Waals surface area contributed by atoms with E-state index in [4.69, 9.17) is 0 Å². The largest absolute Gasteiger partial charge is 0.384 e. The van der Waals surface area contributed by atoms with Crippen molar-refractivity contribution in [1.29, 1.82) is 0 Å². The molecule has 0 saturated carbocycles. The number of nitrogens with one attached hydrogen (secondary N) is 2. The molecule has 0 fully saturated rings. The van der Waals surface area contributed by atoms with Crippen molar-refractivity contribution in [1.82, 2.24) is 19.3 Å². The standard InChI is InChI=1S/C13H19N5O2S/c1-2-16-12-8-13(10-15-9-12)21(19,20)17-4-3-6-18-7-5-14-11-18/h5,7-11,16-17H,2-4,6H2,1H3. The molecular weight excluding hydrogens is 290 g/mol. The summed E-state index contributed by atoms with van der Waals surface area (Å²) < 4.78 is 28.8. The maximum atomic E-state index is 12.2. The predicted octanol–water partition coefficient (Wildman–Crippen LogP) is 1.08. The summed E-state index contributed by atoms with van der Waals surface area (Å²) in [5, 5.41) is 3.04. The van der Waals surface area contributed by atoms with Crippen LogP contribution in [0.25, 0.3) is 0 Å². The van der Waals surface area contributed by atoms with E-state index >= 15 is 0 Å². The van der Waals surface area contributed by atoms with Crippen LogP contribution in [0, 0.1) is 0 Å². The van der Waals surface area contributed by atoms with Gasteiger partial charge < -0.3 is 9.88 Å². The average Bonchev–Trinajstić information content (AvgIpc) is 2.98. The summed E-state index contributed by atoms with van der Waals surface area (Å²) in [4.78, 5) is 8.05. The van der Waals surface area contributed by atoms with Gasteiger partial charge in [0.1, 0.15) is 4.90 Å². The maximum absolute atomic E-state index is 12.2. The molecule has 0 aliphatic carbocycles. The number of pyridine rings is 1. The molecule has 21 heavy (non-hydrogen) atoms. The number of aromatic nitrogens is 3. The Morgan fingerprint density at radius 1 is 1.29 bits per heavy atom. The molecule has 2 N–H and O–H groups in total. The number of rotatable bonds is 8. The number of anilines is 1. The molecule has 2 aromatic heterocycles. The lowest BCUT2D eigenvalue weighted by atomic mass is 10.4. The van der Waals surface area contributed by atoms with E-state index in [0.717, 1.165) is 6.54 Å². The molecule has 7 nitrogen and oxygen atoms in total. The highest BCUT2D eigenvalue weighted by molar-refractivity contribution is 7.89. The molecule has 0 aromatic carbocycles. The van der Waals surface area contributed by atoms with Crippen molar-refractivity contribution in [3.8, 4) is 0 Å². The van der Waals surface area contributed by atoms with Gasteiger partial charge in [0.15, 0.2) is 0 Å².